The summed E-state index contributed by atoms with van der Waals surface area (Å²) in [5, 5.41) is 0. The summed E-state index contributed by atoms with van der Waals surface area (Å²) in [5.74, 6) is 0.481. The Kier molecular flexibility index (Phi) is 5.88. The zero-order valence-electron chi connectivity index (χ0n) is 14.7. The summed E-state index contributed by atoms with van der Waals surface area (Å²) in [6, 6.07) is 14.3. The fraction of sp³-hybridized carbons (Fsp3) is 0.0952. The van der Waals surface area contributed by atoms with Gasteiger partial charge in [0.05, 0.1) is 10.6 Å². The van der Waals surface area contributed by atoms with Gasteiger partial charge in [-0.3, -0.25) is 14.5 Å². The standard InChI is InChI=1S/C21H17NO3S2/c1-3-11-25-18-9-7-15(8-10-18)12-19-20(24)22(21(26)27-19)17-6-4-5-16(13-17)14(2)23/h3-10,12-13H,1,11H2,2H3/b19-12-. The van der Waals surface area contributed by atoms with Crippen LogP contribution in [0.4, 0.5) is 5.69 Å². The number of nitrogens with zero attached hydrogens (tertiary/aromatic N) is 1. The van der Waals surface area contributed by atoms with E-state index in [1.807, 2.05) is 24.3 Å². The molecule has 0 atom stereocenters. The monoisotopic (exact) mass is 395 g/mol. The molecule has 2 aromatic rings. The lowest BCUT2D eigenvalue weighted by Crippen LogP contribution is -2.27. The highest BCUT2D eigenvalue weighted by Crippen LogP contribution is 2.36. The molecule has 0 unspecified atom stereocenters. The number of thiocarbonyl (C=S) groups is 1. The summed E-state index contributed by atoms with van der Waals surface area (Å²) in [7, 11) is 0. The number of carbonyl (C=O) groups is 2. The van der Waals surface area contributed by atoms with E-state index in [9.17, 15) is 9.59 Å². The van der Waals surface area contributed by atoms with Gasteiger partial charge in [-0.1, -0.05) is 60.9 Å². The average Bonchev–Trinajstić information content (AvgIpc) is 2.94. The van der Waals surface area contributed by atoms with Gasteiger partial charge in [0, 0.05) is 5.56 Å². The normalized spacial score (nSPS) is 15.3. The van der Waals surface area contributed by atoms with Crippen molar-refractivity contribution in [2.75, 3.05) is 11.5 Å². The molecule has 1 aliphatic rings. The van der Waals surface area contributed by atoms with Crippen molar-refractivity contribution < 1.29 is 14.3 Å². The Morgan fingerprint density at radius 3 is 2.67 bits per heavy atom. The molecule has 27 heavy (non-hydrogen) atoms. The quantitative estimate of drug-likeness (QED) is 0.303. The molecule has 6 heteroatoms. The van der Waals surface area contributed by atoms with E-state index in [1.165, 1.54) is 23.6 Å². The minimum atomic E-state index is -0.197. The van der Waals surface area contributed by atoms with Crippen LogP contribution in [-0.2, 0) is 4.79 Å². The van der Waals surface area contributed by atoms with Crippen molar-refractivity contribution in [2.24, 2.45) is 0 Å². The lowest BCUT2D eigenvalue weighted by Gasteiger charge is -2.15. The Morgan fingerprint density at radius 2 is 2.00 bits per heavy atom. The van der Waals surface area contributed by atoms with E-state index in [0.29, 0.717) is 27.1 Å². The minimum Gasteiger partial charge on any atom is -0.490 e. The summed E-state index contributed by atoms with van der Waals surface area (Å²) < 4.78 is 5.90. The molecule has 136 valence electrons. The molecule has 0 N–H and O–H groups in total. The van der Waals surface area contributed by atoms with Crippen molar-refractivity contribution in [2.45, 2.75) is 6.92 Å². The van der Waals surface area contributed by atoms with Crippen LogP contribution in [0.25, 0.3) is 6.08 Å². The van der Waals surface area contributed by atoms with Gasteiger partial charge in [-0.25, -0.2) is 0 Å². The Bertz CT molecular complexity index is 948. The molecule has 0 radical (unpaired) electrons. The first kappa shape index (κ1) is 19.1. The summed E-state index contributed by atoms with van der Waals surface area (Å²) in [5.41, 5.74) is 2.02. The molecule has 0 bridgehead atoms. The van der Waals surface area contributed by atoms with E-state index < -0.39 is 0 Å². The molecule has 1 fully saturated rings. The molecule has 1 heterocycles. The fourth-order valence-electron chi connectivity index (χ4n) is 2.52. The van der Waals surface area contributed by atoms with Crippen molar-refractivity contribution in [3.05, 3.63) is 77.2 Å². The van der Waals surface area contributed by atoms with E-state index >= 15 is 0 Å². The number of ether oxygens (including phenoxy) is 1. The maximum atomic E-state index is 12.8. The second-order valence-electron chi connectivity index (χ2n) is 5.79. The lowest BCUT2D eigenvalue weighted by atomic mass is 10.1. The smallest absolute Gasteiger partial charge is 0.270 e. The zero-order valence-corrected chi connectivity index (χ0v) is 16.3. The first-order valence-electron chi connectivity index (χ1n) is 8.22. The Labute approximate surface area is 167 Å². The van der Waals surface area contributed by atoms with Crippen LogP contribution in [0.2, 0.25) is 0 Å². The highest BCUT2D eigenvalue weighted by atomic mass is 32.2. The number of carbonyl (C=O) groups excluding carboxylic acids is 2. The first-order valence-corrected chi connectivity index (χ1v) is 9.45. The van der Waals surface area contributed by atoms with E-state index in [2.05, 4.69) is 6.58 Å². The van der Waals surface area contributed by atoms with E-state index in [-0.39, 0.29) is 11.7 Å². The fourth-order valence-corrected chi connectivity index (χ4v) is 3.82. The third kappa shape index (κ3) is 4.35. The Morgan fingerprint density at radius 1 is 1.26 bits per heavy atom. The van der Waals surface area contributed by atoms with Crippen LogP contribution >= 0.6 is 24.0 Å². The van der Waals surface area contributed by atoms with Crippen molar-refractivity contribution in [1.82, 2.24) is 0 Å². The second kappa shape index (κ2) is 8.33. The number of anilines is 1. The van der Waals surface area contributed by atoms with Crippen molar-refractivity contribution in [3.63, 3.8) is 0 Å². The van der Waals surface area contributed by atoms with Gasteiger partial charge in [-0.15, -0.1) is 0 Å². The van der Waals surface area contributed by atoms with Crippen molar-refractivity contribution in [3.8, 4) is 5.75 Å². The summed E-state index contributed by atoms with van der Waals surface area (Å²) in [6.45, 7) is 5.55. The molecule has 0 saturated carbocycles. The van der Waals surface area contributed by atoms with Gasteiger partial charge >= 0.3 is 0 Å². The lowest BCUT2D eigenvalue weighted by molar-refractivity contribution is -0.113. The number of benzene rings is 2. The van der Waals surface area contributed by atoms with Gasteiger partial charge < -0.3 is 4.74 Å². The molecule has 2 aromatic carbocycles. The van der Waals surface area contributed by atoms with Crippen LogP contribution in [0.5, 0.6) is 5.75 Å². The first-order chi connectivity index (χ1) is 13.0. The molecule has 0 aromatic heterocycles. The largest absolute Gasteiger partial charge is 0.490 e. The maximum Gasteiger partial charge on any atom is 0.270 e. The van der Waals surface area contributed by atoms with Crippen molar-refractivity contribution >= 4 is 51.8 Å². The van der Waals surface area contributed by atoms with Crippen LogP contribution in [0.1, 0.15) is 22.8 Å². The van der Waals surface area contributed by atoms with E-state index in [4.69, 9.17) is 17.0 Å². The van der Waals surface area contributed by atoms with Crippen LogP contribution in [0.3, 0.4) is 0 Å². The molecular formula is C21H17NO3S2. The highest BCUT2D eigenvalue weighted by molar-refractivity contribution is 8.27. The topological polar surface area (TPSA) is 46.6 Å². The zero-order chi connectivity index (χ0) is 19.4. The molecule has 0 spiro atoms. The number of hydrogen-bond acceptors (Lipinski definition) is 5. The molecule has 0 aliphatic carbocycles. The number of thioether (sulfide) groups is 1. The predicted molar refractivity (Wildman–Crippen MR) is 114 cm³/mol. The molecule has 3 rings (SSSR count). The minimum absolute atomic E-state index is 0.0587. The van der Waals surface area contributed by atoms with Gasteiger partial charge in [0.2, 0.25) is 0 Å². The molecule has 1 amide bonds. The van der Waals surface area contributed by atoms with Gasteiger partial charge in [0.15, 0.2) is 10.1 Å². The van der Waals surface area contributed by atoms with Gasteiger partial charge in [0.25, 0.3) is 5.91 Å². The second-order valence-corrected chi connectivity index (χ2v) is 7.47. The Hall–Kier alpha value is -2.70. The number of rotatable bonds is 6. The van der Waals surface area contributed by atoms with Crippen LogP contribution in [0.15, 0.2) is 66.1 Å². The van der Waals surface area contributed by atoms with Crippen LogP contribution in [-0.4, -0.2) is 22.6 Å². The third-order valence-electron chi connectivity index (χ3n) is 3.85. The van der Waals surface area contributed by atoms with E-state index in [0.717, 1.165) is 11.3 Å². The maximum absolute atomic E-state index is 12.8. The van der Waals surface area contributed by atoms with Gasteiger partial charge in [-0.05, 0) is 42.8 Å². The summed E-state index contributed by atoms with van der Waals surface area (Å²) in [4.78, 5) is 26.4. The summed E-state index contributed by atoms with van der Waals surface area (Å²) in [6.07, 6.45) is 3.48. The van der Waals surface area contributed by atoms with E-state index in [1.54, 1.807) is 36.4 Å². The third-order valence-corrected chi connectivity index (χ3v) is 5.15. The molecular weight excluding hydrogens is 378 g/mol. The number of ketones is 1. The predicted octanol–water partition coefficient (Wildman–Crippen LogP) is 4.86. The number of amides is 1. The molecule has 4 nitrogen and oxygen atoms in total. The average molecular weight is 396 g/mol. The SMILES string of the molecule is C=CCOc1ccc(/C=C2\SC(=S)N(c3cccc(C(C)=O)c3)C2=O)cc1. The van der Waals surface area contributed by atoms with Crippen LogP contribution in [0, 0.1) is 0 Å². The molecule has 1 saturated heterocycles. The number of Topliss-reactive ketones (excluding diaryl/α,β-unsaturated/α-hetero) is 1. The number of hydrogen-bond donors (Lipinski definition) is 0. The van der Waals surface area contributed by atoms with Gasteiger partial charge in [-0.2, -0.15) is 0 Å². The van der Waals surface area contributed by atoms with Crippen LogP contribution < -0.4 is 9.64 Å². The summed E-state index contributed by atoms with van der Waals surface area (Å²) >= 11 is 6.63. The highest BCUT2D eigenvalue weighted by Gasteiger charge is 2.33. The molecule has 1 aliphatic heterocycles. The van der Waals surface area contributed by atoms with Gasteiger partial charge in [0.1, 0.15) is 12.4 Å². The Balaban J connectivity index is 1.83. The van der Waals surface area contributed by atoms with Crippen molar-refractivity contribution in [1.29, 1.82) is 0 Å².